The van der Waals surface area contributed by atoms with Crippen LogP contribution in [0.5, 0.6) is 5.75 Å². The minimum absolute atomic E-state index is 0.155. The molecule has 0 radical (unpaired) electrons. The van der Waals surface area contributed by atoms with E-state index in [2.05, 4.69) is 37.4 Å². The van der Waals surface area contributed by atoms with Crippen LogP contribution in [0.1, 0.15) is 49.7 Å². The van der Waals surface area contributed by atoms with E-state index >= 15 is 0 Å². The fraction of sp³-hybridized carbons (Fsp3) is 0.632. The number of benzene rings is 1. The van der Waals surface area contributed by atoms with Gasteiger partial charge in [-0.2, -0.15) is 0 Å². The molecule has 1 aromatic rings. The van der Waals surface area contributed by atoms with Gasteiger partial charge in [0, 0.05) is 12.5 Å². The van der Waals surface area contributed by atoms with Crippen LogP contribution >= 0.6 is 0 Å². The fourth-order valence-electron chi connectivity index (χ4n) is 3.22. The average Bonchev–Trinajstić information content (AvgIpc) is 2.97. The number of carbonyl (C=O) groups excluding carboxylic acids is 1. The number of nitrogens with one attached hydrogen (secondary N) is 1. The predicted molar refractivity (Wildman–Crippen MR) is 93.6 cm³/mol. The monoisotopic (exact) mass is 318 g/mol. The molecule has 0 saturated heterocycles. The van der Waals surface area contributed by atoms with Gasteiger partial charge in [0.15, 0.2) is 0 Å². The maximum Gasteiger partial charge on any atom is 0.220 e. The molecule has 0 heterocycles. The maximum atomic E-state index is 12.0. The van der Waals surface area contributed by atoms with Gasteiger partial charge in [-0.25, -0.2) is 0 Å². The number of nitrogens with two attached hydrogens (primary N) is 1. The molecule has 0 bridgehead atoms. The quantitative estimate of drug-likeness (QED) is 0.724. The number of amides is 1. The van der Waals surface area contributed by atoms with Gasteiger partial charge in [-0.05, 0) is 69.2 Å². The Bertz CT molecular complexity index is 516. The minimum atomic E-state index is 0.155. The average molecular weight is 318 g/mol. The smallest absolute Gasteiger partial charge is 0.220 e. The number of aryl methyl sites for hydroxylation is 2. The van der Waals surface area contributed by atoms with E-state index in [0.717, 1.165) is 37.0 Å². The highest BCUT2D eigenvalue weighted by atomic mass is 16.5. The van der Waals surface area contributed by atoms with Crippen molar-refractivity contribution in [2.24, 2.45) is 11.7 Å². The fourth-order valence-corrected chi connectivity index (χ4v) is 3.22. The zero-order chi connectivity index (χ0) is 16.7. The Balaban J connectivity index is 1.61. The lowest BCUT2D eigenvalue weighted by Crippen LogP contribution is -2.39. The van der Waals surface area contributed by atoms with E-state index in [9.17, 15) is 4.79 Å². The van der Waals surface area contributed by atoms with E-state index < -0.39 is 0 Å². The van der Waals surface area contributed by atoms with Crippen LogP contribution in [0.3, 0.4) is 0 Å². The van der Waals surface area contributed by atoms with Crippen molar-refractivity contribution in [1.29, 1.82) is 0 Å². The van der Waals surface area contributed by atoms with Crippen molar-refractivity contribution in [3.8, 4) is 5.75 Å². The number of unbranched alkanes of at least 4 members (excludes halogenated alkanes) is 1. The van der Waals surface area contributed by atoms with E-state index in [1.807, 2.05) is 0 Å². The molecule has 2 unspecified atom stereocenters. The Morgan fingerprint density at radius 1 is 1.30 bits per heavy atom. The van der Waals surface area contributed by atoms with Gasteiger partial charge < -0.3 is 15.8 Å². The van der Waals surface area contributed by atoms with Crippen molar-refractivity contribution in [2.45, 2.75) is 58.4 Å². The van der Waals surface area contributed by atoms with Crippen LogP contribution in [0.4, 0.5) is 0 Å². The summed E-state index contributed by atoms with van der Waals surface area (Å²) in [5.74, 6) is 1.57. The molecule has 2 rings (SSSR count). The molecule has 1 aliphatic rings. The molecule has 0 aromatic heterocycles. The topological polar surface area (TPSA) is 64.3 Å². The van der Waals surface area contributed by atoms with Gasteiger partial charge in [0.05, 0.1) is 6.61 Å². The molecular weight excluding hydrogens is 288 g/mol. The zero-order valence-electron chi connectivity index (χ0n) is 14.4. The first-order chi connectivity index (χ1) is 11.1. The normalized spacial score (nSPS) is 20.5. The molecule has 0 aliphatic heterocycles. The second-order valence-electron chi connectivity index (χ2n) is 6.68. The van der Waals surface area contributed by atoms with Crippen LogP contribution in [0.2, 0.25) is 0 Å². The SMILES string of the molecule is Cc1ccc(C)c(OCCCCC(=O)NC2CCCC2CN)c1. The second kappa shape index (κ2) is 8.92. The molecule has 128 valence electrons. The molecule has 0 spiro atoms. The van der Waals surface area contributed by atoms with E-state index in [1.165, 1.54) is 12.0 Å². The van der Waals surface area contributed by atoms with E-state index in [0.29, 0.717) is 31.5 Å². The van der Waals surface area contributed by atoms with Gasteiger partial charge in [-0.3, -0.25) is 4.79 Å². The lowest BCUT2D eigenvalue weighted by molar-refractivity contribution is -0.122. The number of hydrogen-bond donors (Lipinski definition) is 2. The highest BCUT2D eigenvalue weighted by molar-refractivity contribution is 5.76. The third-order valence-electron chi connectivity index (χ3n) is 4.71. The first-order valence-electron chi connectivity index (χ1n) is 8.79. The number of carbonyl (C=O) groups is 1. The summed E-state index contributed by atoms with van der Waals surface area (Å²) >= 11 is 0. The lowest BCUT2D eigenvalue weighted by atomic mass is 10.0. The van der Waals surface area contributed by atoms with Gasteiger partial charge >= 0.3 is 0 Å². The van der Waals surface area contributed by atoms with Crippen LogP contribution in [-0.2, 0) is 4.79 Å². The van der Waals surface area contributed by atoms with Gasteiger partial charge in [0.1, 0.15) is 5.75 Å². The Morgan fingerprint density at radius 2 is 2.13 bits per heavy atom. The predicted octanol–water partition coefficient (Wildman–Crippen LogP) is 3.10. The number of hydrogen-bond acceptors (Lipinski definition) is 3. The number of rotatable bonds is 8. The molecule has 4 nitrogen and oxygen atoms in total. The van der Waals surface area contributed by atoms with Crippen LogP contribution in [-0.4, -0.2) is 25.1 Å². The summed E-state index contributed by atoms with van der Waals surface area (Å²) in [5, 5.41) is 3.15. The second-order valence-corrected chi connectivity index (χ2v) is 6.68. The largest absolute Gasteiger partial charge is 0.493 e. The maximum absolute atomic E-state index is 12.0. The Labute approximate surface area is 139 Å². The van der Waals surface area contributed by atoms with Gasteiger partial charge in [0.25, 0.3) is 0 Å². The third kappa shape index (κ3) is 5.54. The molecule has 1 amide bonds. The highest BCUT2D eigenvalue weighted by Gasteiger charge is 2.26. The van der Waals surface area contributed by atoms with Crippen molar-refractivity contribution in [1.82, 2.24) is 5.32 Å². The van der Waals surface area contributed by atoms with Crippen molar-refractivity contribution in [2.75, 3.05) is 13.2 Å². The van der Waals surface area contributed by atoms with Crippen LogP contribution in [0.25, 0.3) is 0 Å². The summed E-state index contributed by atoms with van der Waals surface area (Å²) in [6.07, 6.45) is 5.72. The molecule has 23 heavy (non-hydrogen) atoms. The van der Waals surface area contributed by atoms with E-state index in [-0.39, 0.29) is 5.91 Å². The summed E-state index contributed by atoms with van der Waals surface area (Å²) < 4.78 is 5.82. The molecule has 2 atom stereocenters. The summed E-state index contributed by atoms with van der Waals surface area (Å²) in [6.45, 7) is 5.45. The molecular formula is C19H30N2O2. The molecule has 1 aromatic carbocycles. The van der Waals surface area contributed by atoms with Crippen molar-refractivity contribution in [3.63, 3.8) is 0 Å². The first-order valence-corrected chi connectivity index (χ1v) is 8.79. The van der Waals surface area contributed by atoms with E-state index in [4.69, 9.17) is 10.5 Å². The van der Waals surface area contributed by atoms with Crippen molar-refractivity contribution in [3.05, 3.63) is 29.3 Å². The van der Waals surface area contributed by atoms with Crippen molar-refractivity contribution >= 4 is 5.91 Å². The van der Waals surface area contributed by atoms with E-state index in [1.54, 1.807) is 0 Å². The summed E-state index contributed by atoms with van der Waals surface area (Å²) in [7, 11) is 0. The molecule has 4 heteroatoms. The lowest BCUT2D eigenvalue weighted by Gasteiger charge is -2.19. The Hall–Kier alpha value is -1.55. The first kappa shape index (κ1) is 17.8. The standard InChI is InChI=1S/C19H30N2O2/c1-14-9-10-15(2)18(12-14)23-11-4-3-8-19(22)21-17-7-5-6-16(17)13-20/h9-10,12,16-17H,3-8,11,13,20H2,1-2H3,(H,21,22). The molecule has 1 saturated carbocycles. The summed E-state index contributed by atoms with van der Waals surface area (Å²) in [4.78, 5) is 12.0. The van der Waals surface area contributed by atoms with Crippen molar-refractivity contribution < 1.29 is 9.53 Å². The van der Waals surface area contributed by atoms with Gasteiger partial charge in [-0.1, -0.05) is 18.6 Å². The van der Waals surface area contributed by atoms with Gasteiger partial charge in [0.2, 0.25) is 5.91 Å². The molecule has 3 N–H and O–H groups in total. The highest BCUT2D eigenvalue weighted by Crippen LogP contribution is 2.24. The van der Waals surface area contributed by atoms with Crippen LogP contribution in [0.15, 0.2) is 18.2 Å². The molecule has 1 fully saturated rings. The van der Waals surface area contributed by atoms with Gasteiger partial charge in [-0.15, -0.1) is 0 Å². The minimum Gasteiger partial charge on any atom is -0.493 e. The Morgan fingerprint density at radius 3 is 2.91 bits per heavy atom. The van der Waals surface area contributed by atoms with Crippen LogP contribution in [0, 0.1) is 19.8 Å². The summed E-state index contributed by atoms with van der Waals surface area (Å²) in [6, 6.07) is 6.52. The third-order valence-corrected chi connectivity index (χ3v) is 4.71. The number of ether oxygens (including phenoxy) is 1. The molecule has 1 aliphatic carbocycles. The zero-order valence-corrected chi connectivity index (χ0v) is 14.4. The van der Waals surface area contributed by atoms with Crippen LogP contribution < -0.4 is 15.8 Å². The Kier molecular flexibility index (Phi) is 6.90. The summed E-state index contributed by atoms with van der Waals surface area (Å²) in [5.41, 5.74) is 8.11.